The summed E-state index contributed by atoms with van der Waals surface area (Å²) in [5.41, 5.74) is 4.25. The van der Waals surface area contributed by atoms with Crippen molar-refractivity contribution in [3.8, 4) is 11.3 Å². The van der Waals surface area contributed by atoms with Crippen molar-refractivity contribution in [2.75, 3.05) is 5.32 Å². The maximum absolute atomic E-state index is 4.72. The second-order valence-corrected chi connectivity index (χ2v) is 6.18. The molecule has 3 aromatic heterocycles. The van der Waals surface area contributed by atoms with Gasteiger partial charge in [-0.1, -0.05) is 0 Å². The molecule has 0 aromatic carbocycles. The molecule has 3 aromatic rings. The molecule has 2 N–H and O–H groups in total. The highest BCUT2D eigenvalue weighted by atomic mass is 32.1. The molecule has 0 aliphatic heterocycles. The predicted octanol–water partition coefficient (Wildman–Crippen LogP) is 2.86. The minimum Gasteiger partial charge on any atom is -0.315 e. The fraction of sp³-hybridized carbons (Fsp3) is 0.286. The summed E-state index contributed by atoms with van der Waals surface area (Å²) >= 11 is 1.68. The molecule has 21 heavy (non-hydrogen) atoms. The first-order valence-electron chi connectivity index (χ1n) is 6.89. The van der Waals surface area contributed by atoms with Crippen LogP contribution in [0.4, 0.5) is 10.9 Å². The zero-order valence-electron chi connectivity index (χ0n) is 11.6. The standard InChI is InChI=1S/C14H14N6S/c1-8-5-6-12(20-18-8)16-14-17-13-9-7-15-19-10(9)3-2-4-11(13)21-14/h5-7H,2-4H2,1H3,(H,15,19)(H,16,17,20). The summed E-state index contributed by atoms with van der Waals surface area (Å²) < 4.78 is 0. The van der Waals surface area contributed by atoms with Gasteiger partial charge in [-0.3, -0.25) is 5.10 Å². The number of nitrogens with zero attached hydrogens (tertiary/aromatic N) is 4. The van der Waals surface area contributed by atoms with Crippen LogP contribution in [-0.2, 0) is 12.8 Å². The Kier molecular flexibility index (Phi) is 2.92. The monoisotopic (exact) mass is 298 g/mol. The van der Waals surface area contributed by atoms with Gasteiger partial charge in [0.1, 0.15) is 0 Å². The molecule has 7 heteroatoms. The van der Waals surface area contributed by atoms with Crippen molar-refractivity contribution in [3.63, 3.8) is 0 Å². The molecule has 6 nitrogen and oxygen atoms in total. The van der Waals surface area contributed by atoms with Gasteiger partial charge in [-0.15, -0.1) is 16.4 Å². The molecule has 0 spiro atoms. The number of aryl methyl sites for hydroxylation is 3. The molecule has 4 rings (SSSR count). The maximum atomic E-state index is 4.72. The Morgan fingerprint density at radius 2 is 2.19 bits per heavy atom. The Bertz CT molecular complexity index is 773. The van der Waals surface area contributed by atoms with E-state index in [0.717, 1.165) is 47.2 Å². The van der Waals surface area contributed by atoms with Crippen LogP contribution < -0.4 is 5.32 Å². The van der Waals surface area contributed by atoms with Crippen LogP contribution in [0.15, 0.2) is 18.3 Å². The number of aromatic nitrogens is 5. The van der Waals surface area contributed by atoms with Gasteiger partial charge >= 0.3 is 0 Å². The number of thiazole rings is 1. The Balaban J connectivity index is 1.68. The molecule has 0 amide bonds. The Hall–Kier alpha value is -2.28. The number of hydrogen-bond acceptors (Lipinski definition) is 6. The lowest BCUT2D eigenvalue weighted by Gasteiger charge is -2.00. The summed E-state index contributed by atoms with van der Waals surface area (Å²) in [5.74, 6) is 0.719. The summed E-state index contributed by atoms with van der Waals surface area (Å²) in [6.45, 7) is 1.92. The lowest BCUT2D eigenvalue weighted by molar-refractivity contribution is 0.811. The molecule has 0 bridgehead atoms. The van der Waals surface area contributed by atoms with Gasteiger partial charge in [0, 0.05) is 16.1 Å². The molecule has 0 radical (unpaired) electrons. The molecule has 106 valence electrons. The minimum atomic E-state index is 0.719. The predicted molar refractivity (Wildman–Crippen MR) is 81.8 cm³/mol. The number of aromatic amines is 1. The summed E-state index contributed by atoms with van der Waals surface area (Å²) in [7, 11) is 0. The molecular weight excluding hydrogens is 284 g/mol. The molecule has 0 atom stereocenters. The van der Waals surface area contributed by atoms with Gasteiger partial charge < -0.3 is 5.32 Å². The summed E-state index contributed by atoms with van der Waals surface area (Å²) in [6.07, 6.45) is 5.07. The molecule has 1 aliphatic carbocycles. The third kappa shape index (κ3) is 2.29. The molecule has 0 unspecified atom stereocenters. The first kappa shape index (κ1) is 12.5. The third-order valence-electron chi connectivity index (χ3n) is 3.53. The smallest absolute Gasteiger partial charge is 0.189 e. The van der Waals surface area contributed by atoms with Crippen molar-refractivity contribution in [2.24, 2.45) is 0 Å². The zero-order valence-corrected chi connectivity index (χ0v) is 12.4. The highest BCUT2D eigenvalue weighted by molar-refractivity contribution is 7.16. The summed E-state index contributed by atoms with van der Waals surface area (Å²) in [4.78, 5) is 6.03. The van der Waals surface area contributed by atoms with E-state index in [1.165, 1.54) is 10.6 Å². The van der Waals surface area contributed by atoms with Crippen LogP contribution in [0.25, 0.3) is 11.3 Å². The van der Waals surface area contributed by atoms with Crippen molar-refractivity contribution in [1.29, 1.82) is 0 Å². The first-order chi connectivity index (χ1) is 10.3. The quantitative estimate of drug-likeness (QED) is 0.760. The largest absolute Gasteiger partial charge is 0.315 e. The van der Waals surface area contributed by atoms with Crippen molar-refractivity contribution in [2.45, 2.75) is 26.2 Å². The van der Waals surface area contributed by atoms with Crippen LogP contribution in [0.1, 0.15) is 22.7 Å². The highest BCUT2D eigenvalue weighted by Gasteiger charge is 2.20. The van der Waals surface area contributed by atoms with E-state index >= 15 is 0 Å². The van der Waals surface area contributed by atoms with E-state index in [9.17, 15) is 0 Å². The Morgan fingerprint density at radius 1 is 1.24 bits per heavy atom. The number of fused-ring (bicyclic) bond motifs is 3. The van der Waals surface area contributed by atoms with Crippen molar-refractivity contribution >= 4 is 22.3 Å². The van der Waals surface area contributed by atoms with Crippen LogP contribution in [0, 0.1) is 6.92 Å². The van der Waals surface area contributed by atoms with Crippen LogP contribution in [-0.4, -0.2) is 25.4 Å². The molecule has 0 fully saturated rings. The average molecular weight is 298 g/mol. The first-order valence-corrected chi connectivity index (χ1v) is 7.71. The van der Waals surface area contributed by atoms with Gasteiger partial charge in [-0.2, -0.15) is 10.2 Å². The van der Waals surface area contributed by atoms with E-state index in [0.29, 0.717) is 0 Å². The van der Waals surface area contributed by atoms with Gasteiger partial charge in [0.05, 0.1) is 17.6 Å². The van der Waals surface area contributed by atoms with E-state index in [1.807, 2.05) is 25.3 Å². The zero-order chi connectivity index (χ0) is 14.2. The fourth-order valence-electron chi connectivity index (χ4n) is 2.49. The Morgan fingerprint density at radius 3 is 3.05 bits per heavy atom. The van der Waals surface area contributed by atoms with Crippen LogP contribution in [0.5, 0.6) is 0 Å². The topological polar surface area (TPSA) is 79.4 Å². The number of hydrogen-bond donors (Lipinski definition) is 2. The fourth-order valence-corrected chi connectivity index (χ4v) is 3.52. The van der Waals surface area contributed by atoms with Crippen LogP contribution in [0.3, 0.4) is 0 Å². The molecule has 1 aliphatic rings. The van der Waals surface area contributed by atoms with E-state index in [1.54, 1.807) is 11.3 Å². The van der Waals surface area contributed by atoms with Crippen LogP contribution in [0.2, 0.25) is 0 Å². The van der Waals surface area contributed by atoms with Gasteiger partial charge in [0.25, 0.3) is 0 Å². The van der Waals surface area contributed by atoms with Crippen molar-refractivity contribution < 1.29 is 0 Å². The summed E-state index contributed by atoms with van der Waals surface area (Å²) in [5, 5.41) is 19.5. The number of nitrogens with one attached hydrogen (secondary N) is 2. The van der Waals surface area contributed by atoms with Gasteiger partial charge in [0.15, 0.2) is 10.9 Å². The molecule has 0 saturated heterocycles. The summed E-state index contributed by atoms with van der Waals surface area (Å²) in [6, 6.07) is 3.85. The third-order valence-corrected chi connectivity index (χ3v) is 4.56. The number of anilines is 2. The highest BCUT2D eigenvalue weighted by Crippen LogP contribution is 2.36. The Labute approximate surface area is 125 Å². The van der Waals surface area contributed by atoms with Gasteiger partial charge in [-0.25, -0.2) is 4.98 Å². The second-order valence-electron chi connectivity index (χ2n) is 5.09. The number of H-pyrrole nitrogens is 1. The van der Waals surface area contributed by atoms with E-state index in [-0.39, 0.29) is 0 Å². The van der Waals surface area contributed by atoms with E-state index in [2.05, 4.69) is 25.7 Å². The number of rotatable bonds is 2. The molecule has 0 saturated carbocycles. The van der Waals surface area contributed by atoms with Crippen molar-refractivity contribution in [3.05, 3.63) is 34.6 Å². The maximum Gasteiger partial charge on any atom is 0.189 e. The second kappa shape index (κ2) is 4.92. The van der Waals surface area contributed by atoms with Gasteiger partial charge in [-0.05, 0) is 38.3 Å². The molecule has 3 heterocycles. The van der Waals surface area contributed by atoms with Crippen molar-refractivity contribution in [1.82, 2.24) is 25.4 Å². The van der Waals surface area contributed by atoms with Crippen LogP contribution >= 0.6 is 11.3 Å². The SMILES string of the molecule is Cc1ccc(Nc2nc3c(s2)CCCc2[nH]ncc2-3)nn1. The van der Waals surface area contributed by atoms with Gasteiger partial charge in [0.2, 0.25) is 0 Å². The lowest BCUT2D eigenvalue weighted by atomic mass is 10.2. The molecular formula is C14H14N6S. The lowest BCUT2D eigenvalue weighted by Crippen LogP contribution is -1.95. The average Bonchev–Trinajstić information content (AvgIpc) is 3.06. The minimum absolute atomic E-state index is 0.719. The van der Waals surface area contributed by atoms with E-state index in [4.69, 9.17) is 4.98 Å². The van der Waals surface area contributed by atoms with E-state index < -0.39 is 0 Å². The normalized spacial score (nSPS) is 13.4.